The fourth-order valence-electron chi connectivity index (χ4n) is 2.03. The van der Waals surface area contributed by atoms with Crippen molar-refractivity contribution in [3.63, 3.8) is 0 Å². The van der Waals surface area contributed by atoms with Gasteiger partial charge in [-0.25, -0.2) is 0 Å². The lowest BCUT2D eigenvalue weighted by Gasteiger charge is -2.06. The molecule has 0 aliphatic heterocycles. The Morgan fingerprint density at radius 3 is 1.21 bits per heavy atom. The Bertz CT molecular complexity index is 345. The van der Waals surface area contributed by atoms with Crippen LogP contribution in [0.1, 0.15) is 78.1 Å². The molecule has 0 saturated heterocycles. The summed E-state index contributed by atoms with van der Waals surface area (Å²) in [6.45, 7) is 4.44. The SMILES string of the molecule is CCCCCCCS/C(Cl)=C(Cl)\C(Cl)=C(\Cl)SCCCCCCC. The van der Waals surface area contributed by atoms with Gasteiger partial charge in [0.25, 0.3) is 0 Å². The summed E-state index contributed by atoms with van der Waals surface area (Å²) < 4.78 is 1.08. The van der Waals surface area contributed by atoms with E-state index in [1.807, 2.05) is 0 Å². The molecule has 0 aromatic rings. The van der Waals surface area contributed by atoms with Gasteiger partial charge in [-0.1, -0.05) is 112 Å². The third-order valence-corrected chi connectivity index (χ3v) is 7.69. The Kier molecular flexibility index (Phi) is 18.7. The second-order valence-corrected chi connectivity index (χ2v) is 9.87. The lowest BCUT2D eigenvalue weighted by atomic mass is 10.2. The Labute approximate surface area is 177 Å². The topological polar surface area (TPSA) is 0 Å². The minimum atomic E-state index is 0.375. The van der Waals surface area contributed by atoms with E-state index in [2.05, 4.69) is 13.8 Å². The first kappa shape index (κ1) is 25.3. The van der Waals surface area contributed by atoms with Crippen molar-refractivity contribution in [3.8, 4) is 0 Å². The quantitative estimate of drug-likeness (QED) is 0.179. The van der Waals surface area contributed by atoms with Gasteiger partial charge >= 0.3 is 0 Å². The maximum atomic E-state index is 6.26. The van der Waals surface area contributed by atoms with E-state index in [0.29, 0.717) is 18.8 Å². The molecule has 142 valence electrons. The second kappa shape index (κ2) is 17.7. The van der Waals surface area contributed by atoms with E-state index in [4.69, 9.17) is 46.4 Å². The van der Waals surface area contributed by atoms with Gasteiger partial charge in [-0.3, -0.25) is 0 Å². The van der Waals surface area contributed by atoms with E-state index >= 15 is 0 Å². The van der Waals surface area contributed by atoms with Crippen molar-refractivity contribution >= 4 is 69.9 Å². The fraction of sp³-hybridized carbons (Fsp3) is 0.778. The highest BCUT2D eigenvalue weighted by molar-refractivity contribution is 8.05. The molecule has 24 heavy (non-hydrogen) atoms. The Morgan fingerprint density at radius 1 is 0.542 bits per heavy atom. The highest BCUT2D eigenvalue weighted by Crippen LogP contribution is 2.38. The molecular formula is C18H30Cl4S2. The first-order chi connectivity index (χ1) is 11.5. The standard InChI is InChI=1S/C18H30Cl4S2/c1-3-5-7-9-11-13-23-17(21)15(19)16(20)18(22)24-14-12-10-8-6-4-2/h3-14H2,1-2H3/b17-15+,18-16+. The van der Waals surface area contributed by atoms with E-state index in [0.717, 1.165) is 24.3 Å². The van der Waals surface area contributed by atoms with Crippen LogP contribution in [-0.2, 0) is 0 Å². The van der Waals surface area contributed by atoms with Crippen LogP contribution in [0.15, 0.2) is 18.8 Å². The van der Waals surface area contributed by atoms with Gasteiger partial charge < -0.3 is 0 Å². The summed E-state index contributed by atoms with van der Waals surface area (Å²) in [6.07, 6.45) is 12.5. The number of halogens is 4. The summed E-state index contributed by atoms with van der Waals surface area (Å²) in [5, 5.41) is 0.751. The van der Waals surface area contributed by atoms with E-state index in [9.17, 15) is 0 Å². The zero-order chi connectivity index (χ0) is 18.2. The Balaban J connectivity index is 4.14. The third-order valence-electron chi connectivity index (χ3n) is 3.49. The van der Waals surface area contributed by atoms with Crippen LogP contribution in [0.5, 0.6) is 0 Å². The number of hydrogen-bond donors (Lipinski definition) is 0. The van der Waals surface area contributed by atoms with E-state index in [1.165, 1.54) is 51.4 Å². The average molecular weight is 452 g/mol. The van der Waals surface area contributed by atoms with Crippen molar-refractivity contribution in [3.05, 3.63) is 18.8 Å². The average Bonchev–Trinajstić information content (AvgIpc) is 2.59. The summed E-state index contributed by atoms with van der Waals surface area (Å²) in [4.78, 5) is 0. The summed E-state index contributed by atoms with van der Waals surface area (Å²) in [7, 11) is 0. The van der Waals surface area contributed by atoms with Crippen LogP contribution in [0.25, 0.3) is 0 Å². The van der Waals surface area contributed by atoms with Gasteiger partial charge in [-0.15, -0.1) is 23.5 Å². The zero-order valence-corrected chi connectivity index (χ0v) is 19.5. The number of hydrogen-bond acceptors (Lipinski definition) is 2. The van der Waals surface area contributed by atoms with E-state index < -0.39 is 0 Å². The molecule has 0 aliphatic carbocycles. The molecule has 0 atom stereocenters. The molecular weight excluding hydrogens is 422 g/mol. The summed E-state index contributed by atoms with van der Waals surface area (Å²) in [5.74, 6) is 1.93. The third kappa shape index (κ3) is 13.5. The second-order valence-electron chi connectivity index (χ2n) is 5.70. The molecule has 0 aromatic carbocycles. The van der Waals surface area contributed by atoms with Gasteiger partial charge in [-0.2, -0.15) is 0 Å². The minimum Gasteiger partial charge on any atom is -0.112 e. The summed E-state index contributed by atoms with van der Waals surface area (Å²) >= 11 is 28.1. The first-order valence-electron chi connectivity index (χ1n) is 8.91. The van der Waals surface area contributed by atoms with Gasteiger partial charge in [0, 0.05) is 0 Å². The minimum absolute atomic E-state index is 0.375. The van der Waals surface area contributed by atoms with Crippen LogP contribution in [0.4, 0.5) is 0 Å². The van der Waals surface area contributed by atoms with Crippen LogP contribution in [0.3, 0.4) is 0 Å². The highest BCUT2D eigenvalue weighted by atomic mass is 35.5. The molecule has 0 saturated carbocycles. The van der Waals surface area contributed by atoms with Crippen LogP contribution in [0, 0.1) is 0 Å². The van der Waals surface area contributed by atoms with Gasteiger partial charge in [0.05, 0.1) is 18.8 Å². The molecule has 0 fully saturated rings. The lowest BCUT2D eigenvalue weighted by Crippen LogP contribution is -1.85. The number of rotatable bonds is 15. The van der Waals surface area contributed by atoms with Crippen molar-refractivity contribution in [2.45, 2.75) is 78.1 Å². The zero-order valence-electron chi connectivity index (χ0n) is 14.8. The molecule has 0 bridgehead atoms. The normalized spacial score (nSPS) is 13.8. The number of thioether (sulfide) groups is 2. The van der Waals surface area contributed by atoms with Crippen LogP contribution < -0.4 is 0 Å². The maximum absolute atomic E-state index is 6.26. The van der Waals surface area contributed by atoms with Crippen molar-refractivity contribution < 1.29 is 0 Å². The lowest BCUT2D eigenvalue weighted by molar-refractivity contribution is 0.659. The molecule has 0 nitrogen and oxygen atoms in total. The molecule has 0 aromatic heterocycles. The monoisotopic (exact) mass is 450 g/mol. The van der Waals surface area contributed by atoms with Gasteiger partial charge in [0.15, 0.2) is 0 Å². The van der Waals surface area contributed by atoms with Gasteiger partial charge in [-0.05, 0) is 24.3 Å². The number of allylic oxidation sites excluding steroid dienone is 2. The first-order valence-corrected chi connectivity index (χ1v) is 12.4. The van der Waals surface area contributed by atoms with Crippen molar-refractivity contribution in [2.24, 2.45) is 0 Å². The maximum Gasteiger partial charge on any atom is 0.0937 e. The smallest absolute Gasteiger partial charge is 0.0937 e. The molecule has 6 heteroatoms. The molecule has 0 N–H and O–H groups in total. The van der Waals surface area contributed by atoms with Crippen molar-refractivity contribution in [1.82, 2.24) is 0 Å². The Hall–Kier alpha value is 1.34. The van der Waals surface area contributed by atoms with Crippen LogP contribution >= 0.6 is 69.9 Å². The fourth-order valence-corrected chi connectivity index (χ4v) is 4.92. The molecule has 0 amide bonds. The van der Waals surface area contributed by atoms with E-state index in [1.54, 1.807) is 23.5 Å². The predicted octanol–water partition coefficient (Wildman–Crippen LogP) is 9.69. The van der Waals surface area contributed by atoms with Crippen LogP contribution in [-0.4, -0.2) is 11.5 Å². The van der Waals surface area contributed by atoms with E-state index in [-0.39, 0.29) is 0 Å². The predicted molar refractivity (Wildman–Crippen MR) is 120 cm³/mol. The van der Waals surface area contributed by atoms with Crippen molar-refractivity contribution in [1.29, 1.82) is 0 Å². The molecule has 0 rings (SSSR count). The molecule has 0 radical (unpaired) electrons. The largest absolute Gasteiger partial charge is 0.112 e. The molecule has 0 aliphatic rings. The number of unbranched alkanes of at least 4 members (excludes halogenated alkanes) is 8. The molecule has 0 unspecified atom stereocenters. The van der Waals surface area contributed by atoms with Gasteiger partial charge in [0.1, 0.15) is 0 Å². The Morgan fingerprint density at radius 2 is 0.875 bits per heavy atom. The van der Waals surface area contributed by atoms with Crippen LogP contribution in [0.2, 0.25) is 0 Å². The van der Waals surface area contributed by atoms with Crippen molar-refractivity contribution in [2.75, 3.05) is 11.5 Å². The highest BCUT2D eigenvalue weighted by Gasteiger charge is 2.12. The summed E-state index contributed by atoms with van der Waals surface area (Å²) in [6, 6.07) is 0. The summed E-state index contributed by atoms with van der Waals surface area (Å²) in [5.41, 5.74) is 0. The van der Waals surface area contributed by atoms with Gasteiger partial charge in [0.2, 0.25) is 0 Å². The molecule has 0 spiro atoms. The molecule has 0 heterocycles.